The highest BCUT2D eigenvalue weighted by molar-refractivity contribution is 5.76. The third-order valence-electron chi connectivity index (χ3n) is 4.20. The molecule has 2 N–H and O–H groups in total. The number of likely N-dealkylation sites (N-methyl/N-ethyl adjacent to an activating group) is 1. The summed E-state index contributed by atoms with van der Waals surface area (Å²) in [6.45, 7) is 4.00. The van der Waals surface area contributed by atoms with Crippen molar-refractivity contribution in [2.24, 2.45) is 0 Å². The first kappa shape index (κ1) is 14.8. The lowest BCUT2D eigenvalue weighted by molar-refractivity contribution is 0.312. The Hall–Kier alpha value is -2.74. The summed E-state index contributed by atoms with van der Waals surface area (Å²) in [7, 11) is 2.12. The zero-order valence-electron chi connectivity index (χ0n) is 13.3. The smallest absolute Gasteiger partial charge is 0.231 e. The van der Waals surface area contributed by atoms with Gasteiger partial charge in [0.1, 0.15) is 11.5 Å². The molecule has 124 valence electrons. The number of hydrogen-bond donors (Lipinski definition) is 2. The molecule has 0 aliphatic carbocycles. The number of aromatic nitrogens is 4. The third-order valence-corrected chi connectivity index (χ3v) is 4.20. The molecule has 1 aliphatic heterocycles. The van der Waals surface area contributed by atoms with Crippen molar-refractivity contribution in [1.82, 2.24) is 24.8 Å². The van der Waals surface area contributed by atoms with Gasteiger partial charge < -0.3 is 20.1 Å². The molecule has 4 heterocycles. The maximum atomic E-state index is 13.9. The molecule has 7 nitrogen and oxygen atoms in total. The van der Waals surface area contributed by atoms with E-state index in [1.807, 2.05) is 12.1 Å². The normalized spacial score (nSPS) is 15.8. The molecule has 0 saturated carbocycles. The van der Waals surface area contributed by atoms with Gasteiger partial charge in [0.15, 0.2) is 0 Å². The molecule has 0 amide bonds. The molecule has 0 radical (unpaired) electrons. The van der Waals surface area contributed by atoms with Crippen LogP contribution in [0, 0.1) is 5.95 Å². The van der Waals surface area contributed by atoms with Crippen LogP contribution in [0.4, 0.5) is 21.8 Å². The summed E-state index contributed by atoms with van der Waals surface area (Å²) in [4.78, 5) is 20.0. The Morgan fingerprint density at radius 2 is 1.96 bits per heavy atom. The number of pyridine rings is 1. The Morgan fingerprint density at radius 1 is 1.12 bits per heavy atom. The number of nitrogens with zero attached hydrogens (tertiary/aromatic N) is 5. The molecule has 0 bridgehead atoms. The fraction of sp³-hybridized carbons (Fsp3) is 0.312. The van der Waals surface area contributed by atoms with E-state index >= 15 is 0 Å². The zero-order valence-corrected chi connectivity index (χ0v) is 13.3. The van der Waals surface area contributed by atoms with Crippen molar-refractivity contribution in [3.8, 4) is 0 Å². The molecule has 3 aromatic heterocycles. The molecule has 8 heteroatoms. The van der Waals surface area contributed by atoms with Gasteiger partial charge in [-0.3, -0.25) is 0 Å². The average molecular weight is 327 g/mol. The minimum Gasteiger partial charge on any atom is -0.354 e. The first-order valence-electron chi connectivity index (χ1n) is 7.86. The summed E-state index contributed by atoms with van der Waals surface area (Å²) in [5.41, 5.74) is 1.19. The Kier molecular flexibility index (Phi) is 3.73. The highest BCUT2D eigenvalue weighted by Gasteiger charge is 2.15. The van der Waals surface area contributed by atoms with Gasteiger partial charge in [-0.15, -0.1) is 0 Å². The SMILES string of the molecule is CN1CCN(c2ccc(Nc3nc(F)c4cc[nH]c4n3)cn2)CC1. The van der Waals surface area contributed by atoms with Gasteiger partial charge in [-0.25, -0.2) is 4.98 Å². The van der Waals surface area contributed by atoms with Crippen LogP contribution in [0.15, 0.2) is 30.6 Å². The standard InChI is InChI=1S/C16H18FN7/c1-23-6-8-24(9-7-23)13-3-2-11(10-19-13)20-16-21-14(17)12-4-5-18-15(12)22-16/h2-5,10H,6-9H2,1H3,(H2,18,20,21,22). The Labute approximate surface area is 138 Å². The van der Waals surface area contributed by atoms with Crippen molar-refractivity contribution in [2.75, 3.05) is 43.4 Å². The van der Waals surface area contributed by atoms with Gasteiger partial charge >= 0.3 is 0 Å². The van der Waals surface area contributed by atoms with Gasteiger partial charge in [0, 0.05) is 32.4 Å². The Bertz CT molecular complexity index is 837. The van der Waals surface area contributed by atoms with E-state index < -0.39 is 5.95 Å². The molecule has 0 aromatic carbocycles. The van der Waals surface area contributed by atoms with E-state index in [4.69, 9.17) is 0 Å². The molecule has 24 heavy (non-hydrogen) atoms. The number of aromatic amines is 1. The van der Waals surface area contributed by atoms with E-state index in [9.17, 15) is 4.39 Å². The molecule has 4 rings (SSSR count). The molecule has 1 aliphatic rings. The summed E-state index contributed by atoms with van der Waals surface area (Å²) in [5.74, 6) is 0.600. The second-order valence-electron chi connectivity index (χ2n) is 5.90. The van der Waals surface area contributed by atoms with E-state index in [1.165, 1.54) is 0 Å². The lowest BCUT2D eigenvalue weighted by Gasteiger charge is -2.33. The fourth-order valence-corrected chi connectivity index (χ4v) is 2.77. The van der Waals surface area contributed by atoms with Crippen LogP contribution in [0.5, 0.6) is 0 Å². The second kappa shape index (κ2) is 6.04. The van der Waals surface area contributed by atoms with Crippen molar-refractivity contribution < 1.29 is 4.39 Å². The molecule has 0 spiro atoms. The van der Waals surface area contributed by atoms with Crippen LogP contribution >= 0.6 is 0 Å². The largest absolute Gasteiger partial charge is 0.354 e. The number of halogens is 1. The first-order chi connectivity index (χ1) is 11.7. The van der Waals surface area contributed by atoms with E-state index in [2.05, 4.69) is 42.1 Å². The van der Waals surface area contributed by atoms with Crippen LogP contribution in [0.3, 0.4) is 0 Å². The second-order valence-corrected chi connectivity index (χ2v) is 5.90. The highest BCUT2D eigenvalue weighted by Crippen LogP contribution is 2.20. The average Bonchev–Trinajstić information content (AvgIpc) is 3.05. The Balaban J connectivity index is 1.50. The number of piperazine rings is 1. The van der Waals surface area contributed by atoms with Crippen molar-refractivity contribution in [1.29, 1.82) is 0 Å². The molecule has 0 atom stereocenters. The molecular formula is C16H18FN7. The van der Waals surface area contributed by atoms with Crippen LogP contribution in [-0.4, -0.2) is 58.1 Å². The lowest BCUT2D eigenvalue weighted by Crippen LogP contribution is -2.44. The van der Waals surface area contributed by atoms with Gasteiger partial charge in [-0.1, -0.05) is 0 Å². The fourth-order valence-electron chi connectivity index (χ4n) is 2.77. The Morgan fingerprint density at radius 3 is 2.71 bits per heavy atom. The third kappa shape index (κ3) is 2.88. The van der Waals surface area contributed by atoms with Crippen molar-refractivity contribution >= 4 is 28.5 Å². The summed E-state index contributed by atoms with van der Waals surface area (Å²) >= 11 is 0. The van der Waals surface area contributed by atoms with Gasteiger partial charge in [-0.05, 0) is 25.2 Å². The highest BCUT2D eigenvalue weighted by atomic mass is 19.1. The number of hydrogen-bond acceptors (Lipinski definition) is 6. The summed E-state index contributed by atoms with van der Waals surface area (Å²) in [6.07, 6.45) is 3.35. The van der Waals surface area contributed by atoms with Crippen molar-refractivity contribution in [2.45, 2.75) is 0 Å². The molecule has 1 saturated heterocycles. The number of H-pyrrole nitrogens is 1. The zero-order chi connectivity index (χ0) is 16.5. The van der Waals surface area contributed by atoms with E-state index in [-0.39, 0.29) is 5.95 Å². The maximum absolute atomic E-state index is 13.9. The van der Waals surface area contributed by atoms with E-state index in [1.54, 1.807) is 18.5 Å². The van der Waals surface area contributed by atoms with Crippen LogP contribution in [0.2, 0.25) is 0 Å². The minimum absolute atomic E-state index is 0.205. The topological polar surface area (TPSA) is 73.0 Å². The minimum atomic E-state index is -0.550. The van der Waals surface area contributed by atoms with Gasteiger partial charge in [-0.2, -0.15) is 14.4 Å². The summed E-state index contributed by atoms with van der Waals surface area (Å²) in [5, 5.41) is 3.37. The number of nitrogens with one attached hydrogen (secondary N) is 2. The number of anilines is 3. The van der Waals surface area contributed by atoms with Crippen LogP contribution in [0.1, 0.15) is 0 Å². The van der Waals surface area contributed by atoms with E-state index in [0.717, 1.165) is 37.7 Å². The van der Waals surface area contributed by atoms with Crippen LogP contribution < -0.4 is 10.2 Å². The molecule has 3 aromatic rings. The van der Waals surface area contributed by atoms with Gasteiger partial charge in [0.25, 0.3) is 0 Å². The van der Waals surface area contributed by atoms with Crippen LogP contribution in [0.25, 0.3) is 11.0 Å². The number of fused-ring (bicyclic) bond motifs is 1. The van der Waals surface area contributed by atoms with Crippen molar-refractivity contribution in [3.05, 3.63) is 36.5 Å². The van der Waals surface area contributed by atoms with E-state index in [0.29, 0.717) is 11.0 Å². The summed E-state index contributed by atoms with van der Waals surface area (Å²) < 4.78 is 13.9. The maximum Gasteiger partial charge on any atom is 0.231 e. The lowest BCUT2D eigenvalue weighted by atomic mass is 10.3. The monoisotopic (exact) mass is 327 g/mol. The molecule has 1 fully saturated rings. The molecular weight excluding hydrogens is 309 g/mol. The predicted octanol–water partition coefficient (Wildman–Crippen LogP) is 1.99. The van der Waals surface area contributed by atoms with Crippen LogP contribution in [-0.2, 0) is 0 Å². The quantitative estimate of drug-likeness (QED) is 0.717. The predicted molar refractivity (Wildman–Crippen MR) is 91.1 cm³/mol. The number of rotatable bonds is 3. The first-order valence-corrected chi connectivity index (χ1v) is 7.86. The van der Waals surface area contributed by atoms with Crippen molar-refractivity contribution in [3.63, 3.8) is 0 Å². The molecule has 0 unspecified atom stereocenters. The van der Waals surface area contributed by atoms with Gasteiger partial charge in [0.2, 0.25) is 11.9 Å². The summed E-state index contributed by atoms with van der Waals surface area (Å²) in [6, 6.07) is 5.47. The van der Waals surface area contributed by atoms with Gasteiger partial charge in [0.05, 0.1) is 17.3 Å².